The van der Waals surface area contributed by atoms with E-state index in [-0.39, 0.29) is 0 Å². The van der Waals surface area contributed by atoms with E-state index in [0.717, 1.165) is 30.4 Å². The summed E-state index contributed by atoms with van der Waals surface area (Å²) in [5.74, 6) is 0.889. The van der Waals surface area contributed by atoms with Crippen molar-refractivity contribution in [3.05, 3.63) is 23.8 Å². The molecule has 7 heteroatoms. The smallest absolute Gasteiger partial charge is 0.104 e. The summed E-state index contributed by atoms with van der Waals surface area (Å²) in [6.45, 7) is 2.50. The number of aryl methyl sites for hydroxylation is 1. The van der Waals surface area contributed by atoms with Gasteiger partial charge >= 0.3 is 0 Å². The maximum Gasteiger partial charge on any atom is 0.104 e. The molecule has 1 fully saturated rings. The summed E-state index contributed by atoms with van der Waals surface area (Å²) < 4.78 is 3.47. The van der Waals surface area contributed by atoms with Crippen molar-refractivity contribution in [2.45, 2.75) is 25.9 Å². The summed E-state index contributed by atoms with van der Waals surface area (Å²) >= 11 is 0. The van der Waals surface area contributed by atoms with Crippen LogP contribution in [0.25, 0.3) is 0 Å². The number of hydrogen-bond acceptors (Lipinski definition) is 5. The first kappa shape index (κ1) is 11.3. The Balaban J connectivity index is 1.52. The number of nitrogens with one attached hydrogen (secondary N) is 1. The van der Waals surface area contributed by atoms with Gasteiger partial charge in [-0.3, -0.25) is 4.68 Å². The van der Waals surface area contributed by atoms with Crippen LogP contribution < -0.4 is 5.32 Å². The summed E-state index contributed by atoms with van der Waals surface area (Å²) in [5, 5.41) is 19.5. The van der Waals surface area contributed by atoms with Gasteiger partial charge in [-0.05, 0) is 25.3 Å². The highest BCUT2D eigenvalue weighted by molar-refractivity contribution is 4.97. The number of hydrogen-bond donors (Lipinski definition) is 1. The van der Waals surface area contributed by atoms with Crippen LogP contribution >= 0.6 is 0 Å². The lowest BCUT2D eigenvalue weighted by Gasteiger charge is -1.98. The van der Waals surface area contributed by atoms with E-state index in [1.807, 2.05) is 19.4 Å². The molecule has 0 aromatic carbocycles. The summed E-state index contributed by atoms with van der Waals surface area (Å²) in [4.78, 5) is 0. The van der Waals surface area contributed by atoms with Gasteiger partial charge in [-0.25, -0.2) is 4.68 Å². The monoisotopic (exact) mass is 247 g/mol. The fraction of sp³-hybridized carbons (Fsp3) is 0.636. The Kier molecular flexibility index (Phi) is 3.06. The Bertz CT molecular complexity index is 511. The number of rotatable bonds is 6. The van der Waals surface area contributed by atoms with Gasteiger partial charge in [-0.15, -0.1) is 10.2 Å². The molecule has 0 spiro atoms. The zero-order chi connectivity index (χ0) is 12.4. The first-order valence-corrected chi connectivity index (χ1v) is 6.24. The highest BCUT2D eigenvalue weighted by Crippen LogP contribution is 2.27. The molecule has 2 aromatic rings. The van der Waals surface area contributed by atoms with Crippen LogP contribution in [0, 0.1) is 5.92 Å². The lowest BCUT2D eigenvalue weighted by atomic mass is 10.4. The Morgan fingerprint density at radius 1 is 1.22 bits per heavy atom. The average molecular weight is 247 g/mol. The molecule has 0 atom stereocenters. The van der Waals surface area contributed by atoms with Crippen LogP contribution in [-0.4, -0.2) is 36.5 Å². The molecule has 0 unspecified atom stereocenters. The van der Waals surface area contributed by atoms with Crippen molar-refractivity contribution >= 4 is 0 Å². The maximum atomic E-state index is 4.13. The van der Waals surface area contributed by atoms with E-state index in [0.29, 0.717) is 6.54 Å². The van der Waals surface area contributed by atoms with Gasteiger partial charge in [0.25, 0.3) is 0 Å². The lowest BCUT2D eigenvalue weighted by Crippen LogP contribution is -2.16. The van der Waals surface area contributed by atoms with Gasteiger partial charge in [0.1, 0.15) is 5.69 Å². The minimum atomic E-state index is 0.615. The van der Waals surface area contributed by atoms with E-state index in [1.54, 1.807) is 9.36 Å². The van der Waals surface area contributed by atoms with Gasteiger partial charge in [0, 0.05) is 19.8 Å². The van der Waals surface area contributed by atoms with Crippen LogP contribution in [0.5, 0.6) is 0 Å². The molecule has 0 radical (unpaired) electrons. The fourth-order valence-electron chi connectivity index (χ4n) is 1.86. The van der Waals surface area contributed by atoms with Crippen molar-refractivity contribution in [2.75, 3.05) is 6.54 Å². The zero-order valence-corrected chi connectivity index (χ0v) is 10.5. The van der Waals surface area contributed by atoms with Gasteiger partial charge in [-0.1, -0.05) is 10.4 Å². The van der Waals surface area contributed by atoms with E-state index in [4.69, 9.17) is 0 Å². The largest absolute Gasteiger partial charge is 0.311 e. The van der Waals surface area contributed by atoms with Crippen LogP contribution in [0.4, 0.5) is 0 Å². The van der Waals surface area contributed by atoms with Crippen LogP contribution in [0.3, 0.4) is 0 Å². The number of nitrogens with zero attached hydrogens (tertiary/aromatic N) is 6. The molecule has 0 bridgehead atoms. The average Bonchev–Trinajstić information content (AvgIpc) is 2.92. The third-order valence-corrected chi connectivity index (χ3v) is 3.00. The van der Waals surface area contributed by atoms with E-state index in [9.17, 15) is 0 Å². The quantitative estimate of drug-likeness (QED) is 0.775. The van der Waals surface area contributed by atoms with Crippen molar-refractivity contribution in [1.29, 1.82) is 0 Å². The molecule has 3 rings (SSSR count). The standard InChI is InChI=1S/C11H17N7/c1-17-6-11(14-15-17)8-18-7-10(13-16-18)5-12-4-9-2-3-9/h6-7,9,12H,2-5,8H2,1H3. The molecule has 7 nitrogen and oxygen atoms in total. The second-order valence-corrected chi connectivity index (χ2v) is 4.87. The lowest BCUT2D eigenvalue weighted by molar-refractivity contribution is 0.625. The summed E-state index contributed by atoms with van der Waals surface area (Å²) in [6.07, 6.45) is 6.57. The molecule has 1 aliphatic rings. The third kappa shape index (κ3) is 2.92. The van der Waals surface area contributed by atoms with E-state index < -0.39 is 0 Å². The second-order valence-electron chi connectivity index (χ2n) is 4.87. The molecule has 1 aliphatic carbocycles. The highest BCUT2D eigenvalue weighted by Gasteiger charge is 2.20. The van der Waals surface area contributed by atoms with Crippen molar-refractivity contribution < 1.29 is 0 Å². The molecule has 0 amide bonds. The topological polar surface area (TPSA) is 73.5 Å². The number of aromatic nitrogens is 6. The van der Waals surface area contributed by atoms with Crippen molar-refractivity contribution in [1.82, 2.24) is 35.3 Å². The van der Waals surface area contributed by atoms with Crippen LogP contribution in [0.2, 0.25) is 0 Å². The molecule has 2 aromatic heterocycles. The predicted octanol–water partition coefficient (Wildman–Crippen LogP) is -0.0455. The highest BCUT2D eigenvalue weighted by atomic mass is 15.4. The van der Waals surface area contributed by atoms with E-state index >= 15 is 0 Å². The summed E-state index contributed by atoms with van der Waals surface area (Å²) in [5.41, 5.74) is 1.86. The van der Waals surface area contributed by atoms with Gasteiger partial charge in [0.15, 0.2) is 0 Å². The Morgan fingerprint density at radius 3 is 2.78 bits per heavy atom. The van der Waals surface area contributed by atoms with Crippen LogP contribution in [0.1, 0.15) is 24.2 Å². The minimum Gasteiger partial charge on any atom is -0.311 e. The predicted molar refractivity (Wildman–Crippen MR) is 64.6 cm³/mol. The zero-order valence-electron chi connectivity index (χ0n) is 10.5. The molecule has 0 saturated heterocycles. The first-order valence-electron chi connectivity index (χ1n) is 6.24. The van der Waals surface area contributed by atoms with Crippen LogP contribution in [-0.2, 0) is 20.1 Å². The Morgan fingerprint density at radius 2 is 2.06 bits per heavy atom. The van der Waals surface area contributed by atoms with Gasteiger partial charge in [0.2, 0.25) is 0 Å². The molecule has 18 heavy (non-hydrogen) atoms. The molecule has 1 saturated carbocycles. The van der Waals surface area contributed by atoms with Crippen molar-refractivity contribution in [3.63, 3.8) is 0 Å². The normalized spacial score (nSPS) is 15.2. The first-order chi connectivity index (χ1) is 8.79. The molecule has 1 N–H and O–H groups in total. The van der Waals surface area contributed by atoms with Gasteiger partial charge in [0.05, 0.1) is 18.4 Å². The molecule has 2 heterocycles. The SMILES string of the molecule is Cn1cc(Cn2cc(CNCC3CC3)nn2)nn1. The summed E-state index contributed by atoms with van der Waals surface area (Å²) in [7, 11) is 1.85. The van der Waals surface area contributed by atoms with Crippen LogP contribution in [0.15, 0.2) is 12.4 Å². The molecular formula is C11H17N7. The maximum absolute atomic E-state index is 4.13. The second kappa shape index (κ2) is 4.85. The van der Waals surface area contributed by atoms with Gasteiger partial charge in [-0.2, -0.15) is 0 Å². The summed E-state index contributed by atoms with van der Waals surface area (Å²) in [6, 6.07) is 0. The minimum absolute atomic E-state index is 0.615. The van der Waals surface area contributed by atoms with Crippen molar-refractivity contribution in [3.8, 4) is 0 Å². The Hall–Kier alpha value is -1.76. The molecule has 0 aliphatic heterocycles. The Labute approximate surface area is 105 Å². The van der Waals surface area contributed by atoms with E-state index in [2.05, 4.69) is 25.9 Å². The van der Waals surface area contributed by atoms with Gasteiger partial charge < -0.3 is 5.32 Å². The molecule has 96 valence electrons. The van der Waals surface area contributed by atoms with Crippen molar-refractivity contribution in [2.24, 2.45) is 13.0 Å². The molecular weight excluding hydrogens is 230 g/mol. The van der Waals surface area contributed by atoms with E-state index in [1.165, 1.54) is 12.8 Å². The fourth-order valence-corrected chi connectivity index (χ4v) is 1.86. The third-order valence-electron chi connectivity index (χ3n) is 3.00.